The average molecular weight is 274 g/mol. The minimum Gasteiger partial charge on any atom is -0.394 e. The van der Waals surface area contributed by atoms with Crippen molar-refractivity contribution in [3.63, 3.8) is 0 Å². The molecule has 1 saturated heterocycles. The first kappa shape index (κ1) is 13.3. The number of morpholine rings is 1. The summed E-state index contributed by atoms with van der Waals surface area (Å²) in [5, 5.41) is 19.7. The Bertz CT molecular complexity index is 603. The number of fused-ring (bicyclic) bond motifs is 1. The molecule has 2 aromatic rings. The molecule has 0 saturated carbocycles. The predicted octanol–water partition coefficient (Wildman–Crippen LogP) is 0.925. The van der Waals surface area contributed by atoms with Crippen LogP contribution in [-0.4, -0.2) is 47.6 Å². The number of pyridine rings is 1. The molecular weight excluding hydrogens is 256 g/mol. The molecule has 1 aliphatic rings. The fourth-order valence-corrected chi connectivity index (χ4v) is 2.56. The fraction of sp³-hybridized carbons (Fsp3) is 0.400. The summed E-state index contributed by atoms with van der Waals surface area (Å²) < 4.78 is 5.45. The van der Waals surface area contributed by atoms with Gasteiger partial charge in [0.05, 0.1) is 31.4 Å². The van der Waals surface area contributed by atoms with E-state index in [1.54, 1.807) is 0 Å². The topological polar surface area (TPSA) is 65.8 Å². The molecule has 0 radical (unpaired) electrons. The Morgan fingerprint density at radius 1 is 1.30 bits per heavy atom. The van der Waals surface area contributed by atoms with E-state index in [1.165, 1.54) is 0 Å². The summed E-state index contributed by atoms with van der Waals surface area (Å²) in [6.07, 6.45) is -0.172. The van der Waals surface area contributed by atoms with Crippen LogP contribution in [0, 0.1) is 0 Å². The summed E-state index contributed by atoms with van der Waals surface area (Å²) >= 11 is 0. The summed E-state index contributed by atoms with van der Waals surface area (Å²) in [5.41, 5.74) is 1.75. The number of hydrogen-bond acceptors (Lipinski definition) is 5. The maximum atomic E-state index is 9.55. The maximum absolute atomic E-state index is 9.55. The highest BCUT2D eigenvalue weighted by molar-refractivity contribution is 5.84. The maximum Gasteiger partial charge on any atom is 0.129 e. The SMILES string of the molecule is OCc1cc(N2CCOC(CO)C2)nc2ccccc12. The van der Waals surface area contributed by atoms with Crippen molar-refractivity contribution >= 4 is 16.7 Å². The van der Waals surface area contributed by atoms with Crippen LogP contribution in [0.1, 0.15) is 5.56 Å². The molecule has 5 nitrogen and oxygen atoms in total. The zero-order valence-electron chi connectivity index (χ0n) is 11.2. The summed E-state index contributed by atoms with van der Waals surface area (Å²) in [6, 6.07) is 9.72. The van der Waals surface area contributed by atoms with E-state index in [2.05, 4.69) is 9.88 Å². The molecule has 2 heterocycles. The lowest BCUT2D eigenvalue weighted by atomic mass is 10.1. The van der Waals surface area contributed by atoms with Gasteiger partial charge < -0.3 is 19.8 Å². The molecular formula is C15H18N2O3. The van der Waals surface area contributed by atoms with Crippen molar-refractivity contribution in [2.24, 2.45) is 0 Å². The second-order valence-corrected chi connectivity index (χ2v) is 4.94. The molecule has 0 bridgehead atoms. The van der Waals surface area contributed by atoms with Crippen molar-refractivity contribution in [1.29, 1.82) is 0 Å². The quantitative estimate of drug-likeness (QED) is 0.871. The average Bonchev–Trinajstić information content (AvgIpc) is 2.53. The number of anilines is 1. The molecule has 1 atom stereocenters. The number of para-hydroxylation sites is 1. The fourth-order valence-electron chi connectivity index (χ4n) is 2.56. The van der Waals surface area contributed by atoms with Gasteiger partial charge in [-0.05, 0) is 17.7 Å². The van der Waals surface area contributed by atoms with E-state index in [1.807, 2.05) is 30.3 Å². The number of rotatable bonds is 3. The number of benzene rings is 1. The molecule has 1 fully saturated rings. The van der Waals surface area contributed by atoms with Gasteiger partial charge in [-0.1, -0.05) is 18.2 Å². The van der Waals surface area contributed by atoms with Gasteiger partial charge in [-0.2, -0.15) is 0 Å². The standard InChI is InChI=1S/C15H18N2O3/c18-9-11-7-15(16-14-4-2-1-3-13(11)14)17-5-6-20-12(8-17)10-19/h1-4,7,12,18-19H,5-6,8-10H2. The molecule has 0 amide bonds. The number of aromatic nitrogens is 1. The van der Waals surface area contributed by atoms with Crippen molar-refractivity contribution in [3.05, 3.63) is 35.9 Å². The molecule has 3 rings (SSSR count). The van der Waals surface area contributed by atoms with E-state index < -0.39 is 0 Å². The third-order valence-electron chi connectivity index (χ3n) is 3.63. The second kappa shape index (κ2) is 5.75. The Hall–Kier alpha value is -1.69. The van der Waals surface area contributed by atoms with E-state index in [0.717, 1.165) is 28.8 Å². The predicted molar refractivity (Wildman–Crippen MR) is 76.7 cm³/mol. The van der Waals surface area contributed by atoms with Gasteiger partial charge in [0.15, 0.2) is 0 Å². The summed E-state index contributed by atoms with van der Waals surface area (Å²) in [7, 11) is 0. The van der Waals surface area contributed by atoms with Crippen LogP contribution in [0.4, 0.5) is 5.82 Å². The Balaban J connectivity index is 1.99. The highest BCUT2D eigenvalue weighted by atomic mass is 16.5. The Morgan fingerprint density at radius 3 is 2.95 bits per heavy atom. The number of ether oxygens (including phenoxy) is 1. The van der Waals surface area contributed by atoms with E-state index >= 15 is 0 Å². The molecule has 2 N–H and O–H groups in total. The van der Waals surface area contributed by atoms with Crippen LogP contribution < -0.4 is 4.90 Å². The van der Waals surface area contributed by atoms with Crippen LogP contribution >= 0.6 is 0 Å². The monoisotopic (exact) mass is 274 g/mol. The van der Waals surface area contributed by atoms with E-state index in [-0.39, 0.29) is 19.3 Å². The Morgan fingerprint density at radius 2 is 2.15 bits per heavy atom. The van der Waals surface area contributed by atoms with Crippen LogP contribution in [0.5, 0.6) is 0 Å². The van der Waals surface area contributed by atoms with E-state index in [0.29, 0.717) is 13.2 Å². The molecule has 106 valence electrons. The van der Waals surface area contributed by atoms with Gasteiger partial charge >= 0.3 is 0 Å². The van der Waals surface area contributed by atoms with Crippen LogP contribution in [0.15, 0.2) is 30.3 Å². The lowest BCUT2D eigenvalue weighted by Gasteiger charge is -2.33. The minimum absolute atomic E-state index is 0.0101. The van der Waals surface area contributed by atoms with Gasteiger partial charge in [-0.3, -0.25) is 0 Å². The van der Waals surface area contributed by atoms with Crippen molar-refractivity contribution in [2.75, 3.05) is 31.2 Å². The van der Waals surface area contributed by atoms with Crippen molar-refractivity contribution < 1.29 is 14.9 Å². The molecule has 1 unspecified atom stereocenters. The van der Waals surface area contributed by atoms with Crippen molar-refractivity contribution in [2.45, 2.75) is 12.7 Å². The number of aliphatic hydroxyl groups is 2. The number of nitrogens with zero attached hydrogens (tertiary/aromatic N) is 2. The van der Waals surface area contributed by atoms with Gasteiger partial charge in [0, 0.05) is 18.5 Å². The zero-order chi connectivity index (χ0) is 13.9. The smallest absolute Gasteiger partial charge is 0.129 e. The molecule has 1 aromatic carbocycles. The molecule has 20 heavy (non-hydrogen) atoms. The highest BCUT2D eigenvalue weighted by Gasteiger charge is 2.21. The van der Waals surface area contributed by atoms with Gasteiger partial charge in [-0.15, -0.1) is 0 Å². The third kappa shape index (κ3) is 2.47. The molecule has 0 spiro atoms. The van der Waals surface area contributed by atoms with Crippen LogP contribution in [0.25, 0.3) is 10.9 Å². The number of hydrogen-bond donors (Lipinski definition) is 2. The van der Waals surface area contributed by atoms with E-state index in [9.17, 15) is 10.2 Å². The van der Waals surface area contributed by atoms with Gasteiger partial charge in [-0.25, -0.2) is 4.98 Å². The first-order valence-electron chi connectivity index (χ1n) is 6.78. The number of aliphatic hydroxyl groups excluding tert-OH is 2. The lowest BCUT2D eigenvalue weighted by molar-refractivity contribution is 0.00337. The van der Waals surface area contributed by atoms with Crippen LogP contribution in [-0.2, 0) is 11.3 Å². The summed E-state index contributed by atoms with van der Waals surface area (Å²) in [5.74, 6) is 0.828. The third-order valence-corrected chi connectivity index (χ3v) is 3.63. The van der Waals surface area contributed by atoms with Crippen molar-refractivity contribution in [3.8, 4) is 0 Å². The normalized spacial score (nSPS) is 19.5. The van der Waals surface area contributed by atoms with Crippen molar-refractivity contribution in [1.82, 2.24) is 4.98 Å². The van der Waals surface area contributed by atoms with Crippen LogP contribution in [0.3, 0.4) is 0 Å². The molecule has 5 heteroatoms. The highest BCUT2D eigenvalue weighted by Crippen LogP contribution is 2.24. The van der Waals surface area contributed by atoms with Gasteiger partial charge in [0.2, 0.25) is 0 Å². The largest absolute Gasteiger partial charge is 0.394 e. The first-order valence-corrected chi connectivity index (χ1v) is 6.78. The first-order chi connectivity index (χ1) is 9.81. The minimum atomic E-state index is -0.172. The summed E-state index contributed by atoms with van der Waals surface area (Å²) in [4.78, 5) is 6.75. The van der Waals surface area contributed by atoms with Gasteiger partial charge in [0.25, 0.3) is 0 Å². The zero-order valence-corrected chi connectivity index (χ0v) is 11.2. The van der Waals surface area contributed by atoms with Crippen LogP contribution in [0.2, 0.25) is 0 Å². The molecule has 1 aromatic heterocycles. The second-order valence-electron chi connectivity index (χ2n) is 4.94. The Kier molecular flexibility index (Phi) is 3.82. The van der Waals surface area contributed by atoms with E-state index in [4.69, 9.17) is 4.74 Å². The molecule has 0 aliphatic carbocycles. The Labute approximate surface area is 117 Å². The summed E-state index contributed by atoms with van der Waals surface area (Å²) in [6.45, 7) is 1.94. The lowest BCUT2D eigenvalue weighted by Crippen LogP contribution is -2.44. The van der Waals surface area contributed by atoms with Gasteiger partial charge in [0.1, 0.15) is 5.82 Å². The molecule has 1 aliphatic heterocycles.